The van der Waals surface area contributed by atoms with Crippen LogP contribution < -0.4 is 5.32 Å². The van der Waals surface area contributed by atoms with Gasteiger partial charge in [-0.2, -0.15) is 5.26 Å². The van der Waals surface area contributed by atoms with Crippen LogP contribution in [0.1, 0.15) is 17.0 Å². The van der Waals surface area contributed by atoms with Gasteiger partial charge in [0.1, 0.15) is 6.07 Å². The molecule has 0 saturated heterocycles. The number of nitrogens with zero attached hydrogens (tertiary/aromatic N) is 3. The van der Waals surface area contributed by atoms with Crippen LogP contribution in [0.5, 0.6) is 0 Å². The van der Waals surface area contributed by atoms with E-state index in [-0.39, 0.29) is 5.91 Å². The third-order valence-electron chi connectivity index (χ3n) is 3.40. The van der Waals surface area contributed by atoms with E-state index in [9.17, 15) is 4.79 Å². The molecule has 0 unspecified atom stereocenters. The standard InChI is InChI=1S/C18H14N4OS/c19-10-13-4-1-2-6-15(13)21-17(23)7-8-18-22-16(12-24-18)14-5-3-9-20-11-14/h1-6,9,11-12H,7-8H2,(H,21,23). The fourth-order valence-corrected chi connectivity index (χ4v) is 3.00. The highest BCUT2D eigenvalue weighted by atomic mass is 32.1. The van der Waals surface area contributed by atoms with Crippen molar-refractivity contribution < 1.29 is 4.79 Å². The molecule has 0 aliphatic heterocycles. The number of aryl methyl sites for hydroxylation is 1. The summed E-state index contributed by atoms with van der Waals surface area (Å²) in [7, 11) is 0. The second-order valence-corrected chi connectivity index (χ2v) is 6.02. The van der Waals surface area contributed by atoms with Crippen molar-refractivity contribution in [2.24, 2.45) is 0 Å². The van der Waals surface area contributed by atoms with E-state index < -0.39 is 0 Å². The van der Waals surface area contributed by atoms with Crippen LogP contribution in [0, 0.1) is 11.3 Å². The van der Waals surface area contributed by atoms with Gasteiger partial charge in [0.2, 0.25) is 5.91 Å². The minimum Gasteiger partial charge on any atom is -0.325 e. The van der Waals surface area contributed by atoms with Gasteiger partial charge in [-0.1, -0.05) is 12.1 Å². The number of hydrogen-bond acceptors (Lipinski definition) is 5. The van der Waals surface area contributed by atoms with Gasteiger partial charge in [0.15, 0.2) is 0 Å². The van der Waals surface area contributed by atoms with Gasteiger partial charge in [-0.3, -0.25) is 9.78 Å². The number of benzene rings is 1. The molecule has 6 heteroatoms. The molecular formula is C18H14N4OS. The van der Waals surface area contributed by atoms with Crippen LogP contribution in [0.4, 0.5) is 5.69 Å². The fourth-order valence-electron chi connectivity index (χ4n) is 2.20. The van der Waals surface area contributed by atoms with Crippen molar-refractivity contribution in [2.75, 3.05) is 5.32 Å². The van der Waals surface area contributed by atoms with Crippen LogP contribution in [0.3, 0.4) is 0 Å². The predicted octanol–water partition coefficient (Wildman–Crippen LogP) is 3.65. The number of thiazole rings is 1. The SMILES string of the molecule is N#Cc1ccccc1NC(=O)CCc1nc(-c2cccnc2)cs1. The molecule has 2 heterocycles. The quantitative estimate of drug-likeness (QED) is 0.772. The van der Waals surface area contributed by atoms with E-state index in [2.05, 4.69) is 21.4 Å². The van der Waals surface area contributed by atoms with E-state index in [0.29, 0.717) is 24.1 Å². The number of nitriles is 1. The van der Waals surface area contributed by atoms with Crippen molar-refractivity contribution in [1.82, 2.24) is 9.97 Å². The first-order valence-electron chi connectivity index (χ1n) is 7.40. The molecule has 1 N–H and O–H groups in total. The maximum atomic E-state index is 12.1. The Morgan fingerprint density at radius 2 is 2.12 bits per heavy atom. The van der Waals surface area contributed by atoms with Crippen LogP contribution in [0.25, 0.3) is 11.3 Å². The minimum atomic E-state index is -0.129. The molecular weight excluding hydrogens is 320 g/mol. The summed E-state index contributed by atoms with van der Waals surface area (Å²) in [6, 6.07) is 12.8. The number of para-hydroxylation sites is 1. The number of hydrogen-bond donors (Lipinski definition) is 1. The zero-order valence-electron chi connectivity index (χ0n) is 12.8. The molecule has 0 aliphatic carbocycles. The summed E-state index contributed by atoms with van der Waals surface area (Å²) in [5, 5.41) is 14.7. The second kappa shape index (κ2) is 7.49. The van der Waals surface area contributed by atoms with Crippen LogP contribution in [-0.4, -0.2) is 15.9 Å². The average molecular weight is 334 g/mol. The van der Waals surface area contributed by atoms with Crippen molar-refractivity contribution in [3.8, 4) is 17.3 Å². The van der Waals surface area contributed by atoms with E-state index in [1.54, 1.807) is 36.7 Å². The van der Waals surface area contributed by atoms with Crippen molar-refractivity contribution in [2.45, 2.75) is 12.8 Å². The molecule has 3 aromatic rings. The smallest absolute Gasteiger partial charge is 0.224 e. The Labute approximate surface area is 143 Å². The lowest BCUT2D eigenvalue weighted by atomic mass is 10.2. The number of aromatic nitrogens is 2. The molecule has 0 fully saturated rings. The monoisotopic (exact) mass is 334 g/mol. The molecule has 5 nitrogen and oxygen atoms in total. The van der Waals surface area contributed by atoms with Gasteiger partial charge in [-0.15, -0.1) is 11.3 Å². The molecule has 0 saturated carbocycles. The summed E-state index contributed by atoms with van der Waals surface area (Å²) in [6.45, 7) is 0. The number of amides is 1. The zero-order chi connectivity index (χ0) is 16.8. The van der Waals surface area contributed by atoms with Crippen LogP contribution in [0.15, 0.2) is 54.2 Å². The predicted molar refractivity (Wildman–Crippen MR) is 93.5 cm³/mol. The number of carbonyl (C=O) groups is 1. The average Bonchev–Trinajstić information content (AvgIpc) is 3.10. The maximum absolute atomic E-state index is 12.1. The molecule has 1 aromatic carbocycles. The third kappa shape index (κ3) is 3.83. The number of pyridine rings is 1. The van der Waals surface area contributed by atoms with Crippen LogP contribution in [-0.2, 0) is 11.2 Å². The van der Waals surface area contributed by atoms with Crippen molar-refractivity contribution in [3.05, 3.63) is 64.7 Å². The summed E-state index contributed by atoms with van der Waals surface area (Å²) in [4.78, 5) is 20.7. The van der Waals surface area contributed by atoms with Gasteiger partial charge in [0.05, 0.1) is 22.0 Å². The topological polar surface area (TPSA) is 78.7 Å². The Balaban J connectivity index is 1.59. The Morgan fingerprint density at radius 3 is 2.92 bits per heavy atom. The molecule has 1 amide bonds. The highest BCUT2D eigenvalue weighted by Crippen LogP contribution is 2.22. The molecule has 0 radical (unpaired) electrons. The number of nitrogens with one attached hydrogen (secondary N) is 1. The fraction of sp³-hybridized carbons (Fsp3) is 0.111. The molecule has 0 spiro atoms. The molecule has 0 atom stereocenters. The lowest BCUT2D eigenvalue weighted by Crippen LogP contribution is -2.13. The number of carbonyl (C=O) groups excluding carboxylic acids is 1. The molecule has 118 valence electrons. The van der Waals surface area contributed by atoms with Gasteiger partial charge >= 0.3 is 0 Å². The lowest BCUT2D eigenvalue weighted by molar-refractivity contribution is -0.116. The van der Waals surface area contributed by atoms with Crippen molar-refractivity contribution in [3.63, 3.8) is 0 Å². The zero-order valence-corrected chi connectivity index (χ0v) is 13.6. The van der Waals surface area contributed by atoms with Gasteiger partial charge < -0.3 is 5.32 Å². The summed E-state index contributed by atoms with van der Waals surface area (Å²) in [5.74, 6) is -0.129. The van der Waals surface area contributed by atoms with Crippen molar-refractivity contribution in [1.29, 1.82) is 5.26 Å². The highest BCUT2D eigenvalue weighted by molar-refractivity contribution is 7.09. The van der Waals surface area contributed by atoms with E-state index in [1.165, 1.54) is 11.3 Å². The summed E-state index contributed by atoms with van der Waals surface area (Å²) < 4.78 is 0. The molecule has 3 rings (SSSR count). The molecule has 24 heavy (non-hydrogen) atoms. The first-order valence-corrected chi connectivity index (χ1v) is 8.28. The Bertz CT molecular complexity index is 883. The molecule has 0 bridgehead atoms. The maximum Gasteiger partial charge on any atom is 0.224 e. The highest BCUT2D eigenvalue weighted by Gasteiger charge is 2.09. The number of rotatable bonds is 5. The first kappa shape index (κ1) is 15.8. The largest absolute Gasteiger partial charge is 0.325 e. The van der Waals surface area contributed by atoms with Gasteiger partial charge in [-0.25, -0.2) is 4.98 Å². The Kier molecular flexibility index (Phi) is 4.94. The summed E-state index contributed by atoms with van der Waals surface area (Å²) in [5.41, 5.74) is 2.84. The second-order valence-electron chi connectivity index (χ2n) is 5.07. The van der Waals surface area contributed by atoms with Gasteiger partial charge in [-0.05, 0) is 24.3 Å². The third-order valence-corrected chi connectivity index (χ3v) is 4.31. The summed E-state index contributed by atoms with van der Waals surface area (Å²) in [6.07, 6.45) is 4.37. The summed E-state index contributed by atoms with van der Waals surface area (Å²) >= 11 is 1.53. The molecule has 2 aromatic heterocycles. The van der Waals surface area contributed by atoms with E-state index in [4.69, 9.17) is 5.26 Å². The van der Waals surface area contributed by atoms with Crippen LogP contribution >= 0.6 is 11.3 Å². The normalized spacial score (nSPS) is 10.1. The first-order chi connectivity index (χ1) is 11.8. The minimum absolute atomic E-state index is 0.129. The van der Waals surface area contributed by atoms with E-state index in [1.807, 2.05) is 17.5 Å². The van der Waals surface area contributed by atoms with Gasteiger partial charge in [0, 0.05) is 36.2 Å². The van der Waals surface area contributed by atoms with E-state index in [0.717, 1.165) is 16.3 Å². The Hall–Kier alpha value is -3.04. The Morgan fingerprint density at radius 1 is 1.25 bits per heavy atom. The van der Waals surface area contributed by atoms with E-state index >= 15 is 0 Å². The van der Waals surface area contributed by atoms with Crippen molar-refractivity contribution >= 4 is 22.9 Å². The lowest BCUT2D eigenvalue weighted by Gasteiger charge is -2.05. The van der Waals surface area contributed by atoms with Crippen LogP contribution in [0.2, 0.25) is 0 Å². The molecule has 0 aliphatic rings. The van der Waals surface area contributed by atoms with Gasteiger partial charge in [0.25, 0.3) is 0 Å². The number of anilines is 1.